The molecule has 0 radical (unpaired) electrons. The van der Waals surface area contributed by atoms with Gasteiger partial charge in [0.25, 0.3) is 0 Å². The summed E-state index contributed by atoms with van der Waals surface area (Å²) < 4.78 is 6.39. The molecule has 0 spiro atoms. The van der Waals surface area contributed by atoms with Crippen molar-refractivity contribution < 1.29 is 9.84 Å². The lowest BCUT2D eigenvalue weighted by Crippen LogP contribution is -1.97. The summed E-state index contributed by atoms with van der Waals surface area (Å²) in [5.41, 5.74) is 0.876. The van der Waals surface area contributed by atoms with E-state index in [0.29, 0.717) is 6.61 Å². The minimum atomic E-state index is -0.499. The zero-order valence-electron chi connectivity index (χ0n) is 7.90. The standard InChI is InChI=1S/C12H9BrO2/c13-11-8-4-2-1-3-7(8)5-9-10(14)6-15-12(9)11/h1-5,10,14H,6H2. The van der Waals surface area contributed by atoms with Gasteiger partial charge in [0, 0.05) is 5.56 Å². The number of rotatable bonds is 0. The van der Waals surface area contributed by atoms with E-state index < -0.39 is 6.10 Å². The first kappa shape index (κ1) is 9.19. The van der Waals surface area contributed by atoms with Gasteiger partial charge in [0.15, 0.2) is 0 Å². The number of hydrogen-bond acceptors (Lipinski definition) is 2. The molecule has 1 heterocycles. The molecule has 2 nitrogen and oxygen atoms in total. The van der Waals surface area contributed by atoms with Crippen molar-refractivity contribution in [3.63, 3.8) is 0 Å². The summed E-state index contributed by atoms with van der Waals surface area (Å²) in [5.74, 6) is 0.779. The van der Waals surface area contributed by atoms with Crippen LogP contribution in [0.15, 0.2) is 34.8 Å². The van der Waals surface area contributed by atoms with Crippen LogP contribution in [0.4, 0.5) is 0 Å². The van der Waals surface area contributed by atoms with Crippen LogP contribution in [-0.2, 0) is 0 Å². The van der Waals surface area contributed by atoms with Crippen LogP contribution in [0.25, 0.3) is 10.8 Å². The predicted molar refractivity (Wildman–Crippen MR) is 62.1 cm³/mol. The van der Waals surface area contributed by atoms with Crippen LogP contribution in [0.2, 0.25) is 0 Å². The molecule has 2 aromatic rings. The van der Waals surface area contributed by atoms with Crippen LogP contribution in [0.1, 0.15) is 11.7 Å². The first-order chi connectivity index (χ1) is 7.27. The van der Waals surface area contributed by atoms with Crippen molar-refractivity contribution in [2.45, 2.75) is 6.10 Å². The molecule has 1 aliphatic heterocycles. The van der Waals surface area contributed by atoms with Gasteiger partial charge in [-0.05, 0) is 32.8 Å². The Kier molecular flexibility index (Phi) is 1.97. The van der Waals surface area contributed by atoms with E-state index >= 15 is 0 Å². The number of ether oxygens (including phenoxy) is 1. The maximum atomic E-state index is 9.72. The number of hydrogen-bond donors (Lipinski definition) is 1. The van der Waals surface area contributed by atoms with E-state index in [9.17, 15) is 5.11 Å². The Morgan fingerprint density at radius 1 is 1.33 bits per heavy atom. The maximum absolute atomic E-state index is 9.72. The monoisotopic (exact) mass is 264 g/mol. The van der Waals surface area contributed by atoms with Crippen LogP contribution >= 0.6 is 15.9 Å². The second-order valence-electron chi connectivity index (χ2n) is 3.66. The molecule has 3 rings (SSSR count). The molecule has 15 heavy (non-hydrogen) atoms. The quantitative estimate of drug-likeness (QED) is 0.793. The number of aliphatic hydroxyl groups excluding tert-OH is 1. The van der Waals surface area contributed by atoms with E-state index in [-0.39, 0.29) is 0 Å². The Morgan fingerprint density at radius 2 is 2.13 bits per heavy atom. The maximum Gasteiger partial charge on any atom is 0.140 e. The molecule has 1 aliphatic rings. The molecule has 0 fully saturated rings. The zero-order valence-corrected chi connectivity index (χ0v) is 9.49. The lowest BCUT2D eigenvalue weighted by atomic mass is 10.0. The van der Waals surface area contributed by atoms with Gasteiger partial charge in [0.2, 0.25) is 0 Å². The average molecular weight is 265 g/mol. The summed E-state index contributed by atoms with van der Waals surface area (Å²) >= 11 is 3.52. The van der Waals surface area contributed by atoms with Gasteiger partial charge < -0.3 is 9.84 Å². The number of fused-ring (bicyclic) bond motifs is 2. The highest BCUT2D eigenvalue weighted by Crippen LogP contribution is 2.42. The first-order valence-electron chi connectivity index (χ1n) is 4.79. The van der Waals surface area contributed by atoms with E-state index in [1.165, 1.54) is 0 Å². The molecule has 2 aromatic carbocycles. The fourth-order valence-electron chi connectivity index (χ4n) is 1.95. The van der Waals surface area contributed by atoms with E-state index in [0.717, 1.165) is 26.6 Å². The predicted octanol–water partition coefficient (Wildman–Crippen LogP) is 3.03. The van der Waals surface area contributed by atoms with Crippen LogP contribution in [0.5, 0.6) is 5.75 Å². The molecule has 1 N–H and O–H groups in total. The summed E-state index contributed by atoms with van der Waals surface area (Å²) in [7, 11) is 0. The molecule has 0 saturated carbocycles. The van der Waals surface area contributed by atoms with Gasteiger partial charge in [0.1, 0.15) is 18.5 Å². The Balaban J connectivity index is 2.41. The second-order valence-corrected chi connectivity index (χ2v) is 4.45. The fourth-order valence-corrected chi connectivity index (χ4v) is 2.66. The third-order valence-corrected chi connectivity index (χ3v) is 3.50. The van der Waals surface area contributed by atoms with Gasteiger partial charge >= 0.3 is 0 Å². The molecule has 1 atom stereocenters. The van der Waals surface area contributed by atoms with Crippen LogP contribution in [-0.4, -0.2) is 11.7 Å². The zero-order chi connectivity index (χ0) is 10.4. The highest BCUT2D eigenvalue weighted by molar-refractivity contribution is 9.10. The Morgan fingerprint density at radius 3 is 3.00 bits per heavy atom. The van der Waals surface area contributed by atoms with E-state index in [2.05, 4.69) is 15.9 Å². The van der Waals surface area contributed by atoms with Crippen LogP contribution in [0.3, 0.4) is 0 Å². The minimum absolute atomic E-state index is 0.351. The molecule has 3 heteroatoms. The van der Waals surface area contributed by atoms with E-state index in [1.54, 1.807) is 0 Å². The molecule has 0 amide bonds. The molecular weight excluding hydrogens is 256 g/mol. The van der Waals surface area contributed by atoms with Crippen molar-refractivity contribution in [3.05, 3.63) is 40.4 Å². The summed E-state index contributed by atoms with van der Waals surface area (Å²) in [4.78, 5) is 0. The third-order valence-electron chi connectivity index (χ3n) is 2.71. The number of halogens is 1. The topological polar surface area (TPSA) is 29.5 Å². The SMILES string of the molecule is OC1COc2c1cc1ccccc1c2Br. The lowest BCUT2D eigenvalue weighted by Gasteiger charge is -2.06. The lowest BCUT2D eigenvalue weighted by molar-refractivity contribution is 0.140. The molecule has 0 saturated heterocycles. The molecule has 76 valence electrons. The van der Waals surface area contributed by atoms with Crippen molar-refractivity contribution >= 4 is 26.7 Å². The van der Waals surface area contributed by atoms with Crippen LogP contribution < -0.4 is 4.74 Å². The normalized spacial score (nSPS) is 18.9. The summed E-state index contributed by atoms with van der Waals surface area (Å²) in [6, 6.07) is 10.0. The van der Waals surface area contributed by atoms with E-state index in [4.69, 9.17) is 4.74 Å². The highest BCUT2D eigenvalue weighted by Gasteiger charge is 2.25. The van der Waals surface area contributed by atoms with Crippen molar-refractivity contribution in [1.82, 2.24) is 0 Å². The summed E-state index contributed by atoms with van der Waals surface area (Å²) in [5, 5.41) is 12.0. The number of benzene rings is 2. The molecule has 0 aliphatic carbocycles. The molecule has 0 bridgehead atoms. The summed E-state index contributed by atoms with van der Waals surface area (Å²) in [6.07, 6.45) is -0.499. The van der Waals surface area contributed by atoms with Crippen molar-refractivity contribution in [1.29, 1.82) is 0 Å². The molecule has 0 aromatic heterocycles. The van der Waals surface area contributed by atoms with E-state index in [1.807, 2.05) is 30.3 Å². The second kappa shape index (κ2) is 3.22. The van der Waals surface area contributed by atoms with Gasteiger partial charge in [-0.2, -0.15) is 0 Å². The Labute approximate surface area is 95.6 Å². The van der Waals surface area contributed by atoms with Gasteiger partial charge in [-0.1, -0.05) is 24.3 Å². The first-order valence-corrected chi connectivity index (χ1v) is 5.58. The largest absolute Gasteiger partial charge is 0.489 e. The smallest absolute Gasteiger partial charge is 0.140 e. The van der Waals surface area contributed by atoms with Gasteiger partial charge in [0.05, 0.1) is 4.47 Å². The van der Waals surface area contributed by atoms with Crippen LogP contribution in [0, 0.1) is 0 Å². The minimum Gasteiger partial charge on any atom is -0.489 e. The molecular formula is C12H9BrO2. The van der Waals surface area contributed by atoms with Gasteiger partial charge in [-0.15, -0.1) is 0 Å². The third kappa shape index (κ3) is 1.27. The number of aliphatic hydroxyl groups is 1. The summed E-state index contributed by atoms with van der Waals surface area (Å²) in [6.45, 7) is 0.351. The Hall–Kier alpha value is -1.06. The Bertz CT molecular complexity index is 536. The molecule has 1 unspecified atom stereocenters. The van der Waals surface area contributed by atoms with Gasteiger partial charge in [-0.25, -0.2) is 0 Å². The van der Waals surface area contributed by atoms with Gasteiger partial charge in [-0.3, -0.25) is 0 Å². The van der Waals surface area contributed by atoms with Crippen molar-refractivity contribution in [3.8, 4) is 5.75 Å². The van der Waals surface area contributed by atoms with Crippen molar-refractivity contribution in [2.75, 3.05) is 6.61 Å². The highest BCUT2D eigenvalue weighted by atomic mass is 79.9. The fraction of sp³-hybridized carbons (Fsp3) is 0.167. The van der Waals surface area contributed by atoms with Crippen molar-refractivity contribution in [2.24, 2.45) is 0 Å². The average Bonchev–Trinajstić information content (AvgIpc) is 2.62.